The lowest BCUT2D eigenvalue weighted by Gasteiger charge is -2.14. The molecule has 0 fully saturated rings. The summed E-state index contributed by atoms with van der Waals surface area (Å²) in [5.74, 6) is -0.595. The van der Waals surface area contributed by atoms with Crippen molar-refractivity contribution < 1.29 is 17.6 Å². The molecule has 1 rings (SSSR count). The normalized spacial score (nSPS) is 13.9. The SMILES string of the molecule is NC(Cc1cc(Cl)ccc1F)CC(F)(F)F. The second kappa shape index (κ2) is 5.01. The van der Waals surface area contributed by atoms with E-state index in [1.807, 2.05) is 0 Å². The number of hydrogen-bond acceptors (Lipinski definition) is 1. The Morgan fingerprint density at radius 1 is 1.31 bits per heavy atom. The zero-order valence-corrected chi connectivity index (χ0v) is 8.95. The van der Waals surface area contributed by atoms with Crippen LogP contribution in [0.5, 0.6) is 0 Å². The molecule has 1 aromatic carbocycles. The summed E-state index contributed by atoms with van der Waals surface area (Å²) < 4.78 is 49.1. The van der Waals surface area contributed by atoms with Crippen molar-refractivity contribution in [3.8, 4) is 0 Å². The van der Waals surface area contributed by atoms with Gasteiger partial charge in [0.25, 0.3) is 0 Å². The van der Waals surface area contributed by atoms with Gasteiger partial charge in [-0.25, -0.2) is 4.39 Å². The quantitative estimate of drug-likeness (QED) is 0.824. The molecule has 0 aliphatic rings. The highest BCUT2D eigenvalue weighted by Gasteiger charge is 2.30. The molecule has 0 saturated carbocycles. The van der Waals surface area contributed by atoms with Gasteiger partial charge < -0.3 is 5.73 Å². The molecule has 1 nitrogen and oxygen atoms in total. The average molecular weight is 256 g/mol. The lowest BCUT2D eigenvalue weighted by atomic mass is 10.0. The Bertz CT molecular complexity index is 364. The summed E-state index contributed by atoms with van der Waals surface area (Å²) in [5.41, 5.74) is 5.38. The third kappa shape index (κ3) is 4.37. The maximum Gasteiger partial charge on any atom is 0.390 e. The number of rotatable bonds is 3. The predicted octanol–water partition coefficient (Wildman–Crippen LogP) is 3.30. The van der Waals surface area contributed by atoms with E-state index < -0.39 is 24.5 Å². The molecule has 6 heteroatoms. The molecule has 2 N–H and O–H groups in total. The van der Waals surface area contributed by atoms with E-state index in [0.29, 0.717) is 0 Å². The van der Waals surface area contributed by atoms with Crippen molar-refractivity contribution in [2.45, 2.75) is 25.1 Å². The maximum atomic E-state index is 13.2. The summed E-state index contributed by atoms with van der Waals surface area (Å²) in [6.07, 6.45) is -5.67. The first-order valence-corrected chi connectivity index (χ1v) is 4.92. The Kier molecular flexibility index (Phi) is 4.15. The van der Waals surface area contributed by atoms with Gasteiger partial charge in [-0.15, -0.1) is 0 Å². The van der Waals surface area contributed by atoms with E-state index in [-0.39, 0.29) is 17.0 Å². The zero-order valence-electron chi connectivity index (χ0n) is 8.19. The molecule has 0 saturated heterocycles. The molecular weight excluding hydrogens is 246 g/mol. The third-order valence-corrected chi connectivity index (χ3v) is 2.22. The minimum absolute atomic E-state index is 0.101. The largest absolute Gasteiger partial charge is 0.390 e. The fourth-order valence-corrected chi connectivity index (χ4v) is 1.55. The van der Waals surface area contributed by atoms with Crippen LogP contribution >= 0.6 is 11.6 Å². The summed E-state index contributed by atoms with van der Waals surface area (Å²) in [6, 6.07) is 2.56. The number of hydrogen-bond donors (Lipinski definition) is 1. The Morgan fingerprint density at radius 3 is 2.50 bits per heavy atom. The van der Waals surface area contributed by atoms with E-state index in [1.165, 1.54) is 12.1 Å². The van der Waals surface area contributed by atoms with Gasteiger partial charge in [-0.1, -0.05) is 11.6 Å². The molecule has 1 unspecified atom stereocenters. The van der Waals surface area contributed by atoms with E-state index in [2.05, 4.69) is 0 Å². The Balaban J connectivity index is 2.69. The topological polar surface area (TPSA) is 26.0 Å². The van der Waals surface area contributed by atoms with Gasteiger partial charge in [0.2, 0.25) is 0 Å². The maximum absolute atomic E-state index is 13.2. The third-order valence-electron chi connectivity index (χ3n) is 1.98. The number of nitrogens with two attached hydrogens (primary N) is 1. The van der Waals surface area contributed by atoms with Crippen LogP contribution in [-0.4, -0.2) is 12.2 Å². The first kappa shape index (κ1) is 13.3. The number of benzene rings is 1. The summed E-state index contributed by atoms with van der Waals surface area (Å²) in [4.78, 5) is 0. The smallest absolute Gasteiger partial charge is 0.327 e. The summed E-state index contributed by atoms with van der Waals surface area (Å²) in [6.45, 7) is 0. The molecule has 0 spiro atoms. The predicted molar refractivity (Wildman–Crippen MR) is 53.8 cm³/mol. The lowest BCUT2D eigenvalue weighted by Crippen LogP contribution is -2.29. The van der Waals surface area contributed by atoms with E-state index in [4.69, 9.17) is 17.3 Å². The highest BCUT2D eigenvalue weighted by atomic mass is 35.5. The van der Waals surface area contributed by atoms with Gasteiger partial charge in [-0.2, -0.15) is 13.2 Å². The van der Waals surface area contributed by atoms with Crippen LogP contribution in [0.2, 0.25) is 5.02 Å². The molecule has 16 heavy (non-hydrogen) atoms. The highest BCUT2D eigenvalue weighted by molar-refractivity contribution is 6.30. The van der Waals surface area contributed by atoms with Crippen molar-refractivity contribution in [2.75, 3.05) is 0 Å². The van der Waals surface area contributed by atoms with Gasteiger partial charge in [-0.3, -0.25) is 0 Å². The standard InChI is InChI=1S/C10H10ClF4N/c11-7-1-2-9(12)6(3-7)4-8(16)5-10(13,14)15/h1-3,8H,4-5,16H2. The second-order valence-electron chi connectivity index (χ2n) is 3.52. The molecule has 0 amide bonds. The van der Waals surface area contributed by atoms with Gasteiger partial charge in [0.15, 0.2) is 0 Å². The first-order valence-electron chi connectivity index (χ1n) is 4.54. The highest BCUT2D eigenvalue weighted by Crippen LogP contribution is 2.23. The van der Waals surface area contributed by atoms with Crippen molar-refractivity contribution in [2.24, 2.45) is 5.73 Å². The molecule has 0 aromatic heterocycles. The van der Waals surface area contributed by atoms with Gasteiger partial charge in [0.1, 0.15) is 5.82 Å². The van der Waals surface area contributed by atoms with Crippen LogP contribution in [0, 0.1) is 5.82 Å². The molecule has 0 radical (unpaired) electrons. The Morgan fingerprint density at radius 2 is 1.94 bits per heavy atom. The van der Waals surface area contributed by atoms with Crippen LogP contribution in [0.3, 0.4) is 0 Å². The van der Waals surface area contributed by atoms with Gasteiger partial charge >= 0.3 is 6.18 Å². The molecule has 0 bridgehead atoms. The van der Waals surface area contributed by atoms with E-state index in [1.54, 1.807) is 0 Å². The number of halogens is 5. The minimum atomic E-state index is -4.34. The average Bonchev–Trinajstić information content (AvgIpc) is 2.08. The molecule has 0 heterocycles. The van der Waals surface area contributed by atoms with Crippen molar-refractivity contribution in [3.05, 3.63) is 34.6 Å². The zero-order chi connectivity index (χ0) is 12.3. The Hall–Kier alpha value is -0.810. The van der Waals surface area contributed by atoms with E-state index in [9.17, 15) is 17.6 Å². The van der Waals surface area contributed by atoms with Crippen molar-refractivity contribution in [3.63, 3.8) is 0 Å². The van der Waals surface area contributed by atoms with Crippen LogP contribution in [-0.2, 0) is 6.42 Å². The van der Waals surface area contributed by atoms with Crippen LogP contribution in [0.4, 0.5) is 17.6 Å². The fraction of sp³-hybridized carbons (Fsp3) is 0.400. The number of alkyl halides is 3. The molecule has 1 aromatic rings. The lowest BCUT2D eigenvalue weighted by molar-refractivity contribution is -0.138. The van der Waals surface area contributed by atoms with Crippen LogP contribution in [0.25, 0.3) is 0 Å². The van der Waals surface area contributed by atoms with Gasteiger partial charge in [0, 0.05) is 11.1 Å². The van der Waals surface area contributed by atoms with E-state index in [0.717, 1.165) is 6.07 Å². The monoisotopic (exact) mass is 255 g/mol. The van der Waals surface area contributed by atoms with Crippen LogP contribution in [0.1, 0.15) is 12.0 Å². The fourth-order valence-electron chi connectivity index (χ4n) is 1.35. The molecule has 0 aliphatic heterocycles. The summed E-state index contributed by atoms with van der Waals surface area (Å²) in [7, 11) is 0. The van der Waals surface area contributed by atoms with Crippen molar-refractivity contribution >= 4 is 11.6 Å². The molecule has 1 atom stereocenters. The molecule has 90 valence electrons. The minimum Gasteiger partial charge on any atom is -0.327 e. The summed E-state index contributed by atoms with van der Waals surface area (Å²) >= 11 is 5.60. The second-order valence-corrected chi connectivity index (χ2v) is 3.96. The van der Waals surface area contributed by atoms with Crippen molar-refractivity contribution in [1.82, 2.24) is 0 Å². The van der Waals surface area contributed by atoms with Gasteiger partial charge in [-0.05, 0) is 30.2 Å². The van der Waals surface area contributed by atoms with E-state index >= 15 is 0 Å². The molecule has 0 aliphatic carbocycles. The Labute approximate surface area is 95.2 Å². The first-order chi connectivity index (χ1) is 7.28. The summed E-state index contributed by atoms with van der Waals surface area (Å²) in [5, 5.41) is 0.274. The van der Waals surface area contributed by atoms with Gasteiger partial charge in [0.05, 0.1) is 6.42 Å². The van der Waals surface area contributed by atoms with Crippen molar-refractivity contribution in [1.29, 1.82) is 0 Å². The van der Waals surface area contributed by atoms with Crippen LogP contribution in [0.15, 0.2) is 18.2 Å². The van der Waals surface area contributed by atoms with Crippen LogP contribution < -0.4 is 5.73 Å². The molecular formula is C10H10ClF4N.